The molecule has 0 bridgehead atoms. The van der Waals surface area contributed by atoms with Crippen molar-refractivity contribution in [1.82, 2.24) is 20.2 Å². The van der Waals surface area contributed by atoms with E-state index in [4.69, 9.17) is 26.1 Å². The summed E-state index contributed by atoms with van der Waals surface area (Å²) in [7, 11) is 0. The molecule has 2 aromatic carbocycles. The Morgan fingerprint density at radius 3 is 2.25 bits per heavy atom. The maximum atomic E-state index is 13.6. The molecule has 318 valence electrons. The van der Waals surface area contributed by atoms with Gasteiger partial charge < -0.3 is 19.7 Å². The number of anilines is 1. The molecule has 4 aliphatic rings. The Hall–Kier alpha value is -4.79. The Kier molecular flexibility index (Phi) is 12.8. The zero-order chi connectivity index (χ0) is 42.9. The number of Topliss-reactive ketones (excluding diaryl/α,β-unsaturated/α-hetero) is 2. The van der Waals surface area contributed by atoms with Crippen molar-refractivity contribution in [2.75, 3.05) is 24.5 Å². The molecule has 1 N–H and O–H groups in total. The second-order valence-electron chi connectivity index (χ2n) is 18.9. The molecule has 11 nitrogen and oxygen atoms in total. The second kappa shape index (κ2) is 17.7. The van der Waals surface area contributed by atoms with Crippen molar-refractivity contribution in [2.24, 2.45) is 28.6 Å². The quantitative estimate of drug-likeness (QED) is 0.148. The van der Waals surface area contributed by atoms with Gasteiger partial charge in [-0.25, -0.2) is 9.97 Å². The summed E-state index contributed by atoms with van der Waals surface area (Å²) in [6.07, 6.45) is 9.38. The number of hydrogen-bond donors (Lipinski definition) is 1. The van der Waals surface area contributed by atoms with E-state index >= 15 is 0 Å². The van der Waals surface area contributed by atoms with E-state index in [9.17, 15) is 19.6 Å². The van der Waals surface area contributed by atoms with Crippen molar-refractivity contribution < 1.29 is 23.9 Å². The molecule has 1 aromatic heterocycles. The SMILES string of the molecule is C=C1CCC(CC(=O)c2ccc(OC3CC(N(CC4CCN(c5cnc(C(=O)CC6C(C)(C)C(Oc7ccc(C#N)c(Cl)c7)C6(C)C)cn5)CC4)C(C)C)C3)cc2)C(=O)N1. The number of ether oxygens (including phenoxy) is 2. The van der Waals surface area contributed by atoms with E-state index in [2.05, 4.69) is 74.3 Å². The van der Waals surface area contributed by atoms with Crippen LogP contribution in [0.5, 0.6) is 11.5 Å². The van der Waals surface area contributed by atoms with Gasteiger partial charge in [0.05, 0.1) is 23.0 Å². The summed E-state index contributed by atoms with van der Waals surface area (Å²) in [5, 5.41) is 12.4. The fourth-order valence-corrected chi connectivity index (χ4v) is 10.5. The number of aromatic nitrogens is 2. The number of allylic oxidation sites excluding steroid dienone is 1. The van der Waals surface area contributed by atoms with Crippen LogP contribution in [0.3, 0.4) is 0 Å². The van der Waals surface area contributed by atoms with Crippen molar-refractivity contribution in [3.05, 3.63) is 89.0 Å². The number of amides is 1. The number of ketones is 2. The van der Waals surface area contributed by atoms with E-state index in [1.54, 1.807) is 30.6 Å². The molecule has 2 saturated heterocycles. The smallest absolute Gasteiger partial charge is 0.227 e. The first kappa shape index (κ1) is 43.3. The summed E-state index contributed by atoms with van der Waals surface area (Å²) in [6.45, 7) is 19.8. The lowest BCUT2D eigenvalue weighted by Crippen LogP contribution is -2.66. The van der Waals surface area contributed by atoms with Gasteiger partial charge in [0.1, 0.15) is 41.3 Å². The number of carbonyl (C=O) groups is 3. The summed E-state index contributed by atoms with van der Waals surface area (Å²) in [5.74, 6) is 2.38. The van der Waals surface area contributed by atoms with Gasteiger partial charge in [0.2, 0.25) is 5.91 Å². The van der Waals surface area contributed by atoms with Crippen molar-refractivity contribution in [2.45, 2.75) is 117 Å². The minimum atomic E-state index is -0.307. The zero-order valence-electron chi connectivity index (χ0n) is 35.9. The molecule has 3 heterocycles. The first-order valence-corrected chi connectivity index (χ1v) is 21.9. The van der Waals surface area contributed by atoms with E-state index in [1.165, 1.54) is 0 Å². The lowest BCUT2D eigenvalue weighted by molar-refractivity contribution is -0.196. The molecule has 2 saturated carbocycles. The first-order chi connectivity index (χ1) is 28.5. The van der Waals surface area contributed by atoms with Crippen LogP contribution in [0.4, 0.5) is 5.82 Å². The fraction of sp³-hybridized carbons (Fsp3) is 0.542. The molecule has 1 amide bonds. The predicted molar refractivity (Wildman–Crippen MR) is 232 cm³/mol. The van der Waals surface area contributed by atoms with Gasteiger partial charge in [0, 0.05) is 91.5 Å². The molecule has 3 aromatic rings. The van der Waals surface area contributed by atoms with E-state index < -0.39 is 0 Å². The molecule has 0 radical (unpaired) electrons. The highest BCUT2D eigenvalue weighted by Crippen LogP contribution is 2.61. The number of nitrogens with one attached hydrogen (secondary N) is 1. The van der Waals surface area contributed by atoms with Crippen LogP contribution in [-0.2, 0) is 4.79 Å². The van der Waals surface area contributed by atoms with E-state index in [1.807, 2.05) is 24.3 Å². The Labute approximate surface area is 359 Å². The number of nitriles is 1. The van der Waals surface area contributed by atoms with Crippen molar-refractivity contribution in [1.29, 1.82) is 5.26 Å². The number of benzene rings is 2. The zero-order valence-corrected chi connectivity index (χ0v) is 36.6. The van der Waals surface area contributed by atoms with Crippen LogP contribution in [-0.4, -0.2) is 76.3 Å². The second-order valence-corrected chi connectivity index (χ2v) is 19.3. The Morgan fingerprint density at radius 1 is 0.967 bits per heavy atom. The molecule has 12 heteroatoms. The van der Waals surface area contributed by atoms with Gasteiger partial charge in [-0.3, -0.25) is 19.3 Å². The van der Waals surface area contributed by atoms with E-state index in [-0.39, 0.29) is 58.8 Å². The molecule has 2 aliphatic heterocycles. The summed E-state index contributed by atoms with van der Waals surface area (Å²) in [5.41, 5.74) is 1.57. The van der Waals surface area contributed by atoms with Gasteiger partial charge in [0.25, 0.3) is 0 Å². The maximum absolute atomic E-state index is 13.6. The third-order valence-corrected chi connectivity index (χ3v) is 14.1. The molecule has 7 rings (SSSR count). The lowest BCUT2D eigenvalue weighted by Gasteiger charge is -2.63. The van der Waals surface area contributed by atoms with Crippen molar-refractivity contribution in [3.8, 4) is 17.6 Å². The summed E-state index contributed by atoms with van der Waals surface area (Å²) >= 11 is 6.26. The minimum absolute atomic E-state index is 0.0176. The monoisotopic (exact) mass is 834 g/mol. The van der Waals surface area contributed by atoms with Gasteiger partial charge in [-0.05, 0) is 87.8 Å². The number of rotatable bonds is 15. The third-order valence-electron chi connectivity index (χ3n) is 13.8. The predicted octanol–water partition coefficient (Wildman–Crippen LogP) is 8.85. The van der Waals surface area contributed by atoms with Crippen LogP contribution in [0.2, 0.25) is 5.02 Å². The third kappa shape index (κ3) is 9.25. The maximum Gasteiger partial charge on any atom is 0.227 e. The molecular formula is C48H59ClN6O5. The van der Waals surface area contributed by atoms with Crippen LogP contribution in [0.25, 0.3) is 0 Å². The highest BCUT2D eigenvalue weighted by atomic mass is 35.5. The van der Waals surface area contributed by atoms with Gasteiger partial charge in [-0.1, -0.05) is 45.9 Å². The van der Waals surface area contributed by atoms with Gasteiger partial charge in [0.15, 0.2) is 11.6 Å². The first-order valence-electron chi connectivity index (χ1n) is 21.5. The number of piperidine rings is 2. The molecule has 1 atom stereocenters. The lowest BCUT2D eigenvalue weighted by atomic mass is 9.44. The number of hydrogen-bond acceptors (Lipinski definition) is 10. The topological polar surface area (TPSA) is 138 Å². The molecule has 4 fully saturated rings. The van der Waals surface area contributed by atoms with E-state index in [0.29, 0.717) is 64.9 Å². The minimum Gasteiger partial charge on any atom is -0.490 e. The van der Waals surface area contributed by atoms with Crippen LogP contribution in [0, 0.1) is 39.9 Å². The molecule has 0 spiro atoms. The summed E-state index contributed by atoms with van der Waals surface area (Å²) in [4.78, 5) is 52.9. The normalized spacial score (nSPS) is 24.9. The molecular weight excluding hydrogens is 776 g/mol. The Balaban J connectivity index is 0.842. The summed E-state index contributed by atoms with van der Waals surface area (Å²) in [6, 6.07) is 15.5. The molecule has 2 aliphatic carbocycles. The standard InChI is InChI=1S/C48H59ClN6O5/c1-29(2)55(35-21-38(22-35)59-36-13-10-32(11-14-36)41(56)20-33-9-8-30(3)53-45(33)58)28-31-16-18-54(19-17-31)44-27-51-40(26-52-44)42(57)24-43-47(4,5)46(48(43,6)7)60-37-15-12-34(25-50)39(49)23-37/h10-15,23,26-27,29,31,33,35,38,43,46H,3,8-9,16-22,24,28H2,1-2,4-7H3,(H,53,58). The Bertz CT molecular complexity index is 2100. The number of carbonyl (C=O) groups excluding carboxylic acids is 3. The molecule has 1 unspecified atom stereocenters. The number of nitrogens with zero attached hydrogens (tertiary/aromatic N) is 5. The van der Waals surface area contributed by atoms with Crippen LogP contribution < -0.4 is 19.7 Å². The fourth-order valence-electron chi connectivity index (χ4n) is 10.3. The van der Waals surface area contributed by atoms with Crippen molar-refractivity contribution in [3.63, 3.8) is 0 Å². The van der Waals surface area contributed by atoms with Crippen LogP contribution in [0.15, 0.2) is 67.1 Å². The average Bonchev–Trinajstić information content (AvgIpc) is 3.20. The van der Waals surface area contributed by atoms with Crippen LogP contribution >= 0.6 is 11.6 Å². The van der Waals surface area contributed by atoms with Gasteiger partial charge in [-0.15, -0.1) is 0 Å². The largest absolute Gasteiger partial charge is 0.490 e. The highest BCUT2D eigenvalue weighted by molar-refractivity contribution is 6.31. The average molecular weight is 835 g/mol. The summed E-state index contributed by atoms with van der Waals surface area (Å²) < 4.78 is 12.7. The molecule has 60 heavy (non-hydrogen) atoms. The van der Waals surface area contributed by atoms with Gasteiger partial charge >= 0.3 is 0 Å². The number of halogens is 1. The highest BCUT2D eigenvalue weighted by Gasteiger charge is 2.63. The Morgan fingerprint density at radius 2 is 1.65 bits per heavy atom. The van der Waals surface area contributed by atoms with E-state index in [0.717, 1.165) is 62.6 Å². The van der Waals surface area contributed by atoms with Crippen molar-refractivity contribution >= 4 is 34.9 Å². The van der Waals surface area contributed by atoms with Gasteiger partial charge in [-0.2, -0.15) is 5.26 Å². The van der Waals surface area contributed by atoms with Crippen LogP contribution in [0.1, 0.15) is 119 Å².